The van der Waals surface area contributed by atoms with Crippen LogP contribution in [0.1, 0.15) is 48.0 Å². The van der Waals surface area contributed by atoms with Gasteiger partial charge in [-0.1, -0.05) is 0 Å². The van der Waals surface area contributed by atoms with E-state index >= 15 is 0 Å². The fourth-order valence-corrected chi connectivity index (χ4v) is 2.22. The Labute approximate surface area is 149 Å². The van der Waals surface area contributed by atoms with E-state index in [1.807, 2.05) is 0 Å². The average molecular weight is 357 g/mol. The standard InChI is InChI=1S/C17H31N3O5/c1-16(2,3)24-14(22)19-10-12(11-19)20(9-8-13(21)18-7)15(23)25-17(4,5)6/h12H,8-11H2,1-7H3,(H,18,21). The van der Waals surface area contributed by atoms with E-state index in [-0.39, 0.29) is 24.9 Å². The van der Waals surface area contributed by atoms with E-state index in [9.17, 15) is 14.4 Å². The Balaban J connectivity index is 2.67. The van der Waals surface area contributed by atoms with Gasteiger partial charge in [0.05, 0.1) is 6.04 Å². The van der Waals surface area contributed by atoms with Gasteiger partial charge in [-0.3, -0.25) is 4.79 Å². The first-order valence-corrected chi connectivity index (χ1v) is 8.50. The molecule has 1 rings (SSSR count). The van der Waals surface area contributed by atoms with Crippen molar-refractivity contribution in [2.45, 2.75) is 65.2 Å². The summed E-state index contributed by atoms with van der Waals surface area (Å²) in [5.41, 5.74) is -1.19. The highest BCUT2D eigenvalue weighted by Gasteiger charge is 2.40. The third-order valence-corrected chi connectivity index (χ3v) is 3.44. The Morgan fingerprint density at radius 3 is 2.00 bits per heavy atom. The monoisotopic (exact) mass is 357 g/mol. The minimum absolute atomic E-state index is 0.156. The van der Waals surface area contributed by atoms with Crippen molar-refractivity contribution < 1.29 is 23.9 Å². The molecule has 144 valence electrons. The maximum atomic E-state index is 12.4. The van der Waals surface area contributed by atoms with E-state index in [0.29, 0.717) is 13.1 Å². The van der Waals surface area contributed by atoms with E-state index in [2.05, 4.69) is 5.32 Å². The van der Waals surface area contributed by atoms with Crippen LogP contribution in [0.4, 0.5) is 9.59 Å². The topological polar surface area (TPSA) is 88.2 Å². The van der Waals surface area contributed by atoms with Gasteiger partial charge in [0.15, 0.2) is 0 Å². The van der Waals surface area contributed by atoms with Crippen molar-refractivity contribution in [1.29, 1.82) is 0 Å². The van der Waals surface area contributed by atoms with Gasteiger partial charge >= 0.3 is 12.2 Å². The van der Waals surface area contributed by atoms with Gasteiger partial charge in [-0.05, 0) is 41.5 Å². The first-order chi connectivity index (χ1) is 11.3. The maximum absolute atomic E-state index is 12.4. The van der Waals surface area contributed by atoms with Crippen molar-refractivity contribution in [2.75, 3.05) is 26.7 Å². The molecule has 0 unspecified atom stereocenters. The van der Waals surface area contributed by atoms with E-state index in [1.165, 1.54) is 9.80 Å². The van der Waals surface area contributed by atoms with Crippen molar-refractivity contribution in [3.63, 3.8) is 0 Å². The molecule has 0 aromatic heterocycles. The smallest absolute Gasteiger partial charge is 0.410 e. The van der Waals surface area contributed by atoms with Crippen molar-refractivity contribution in [2.24, 2.45) is 0 Å². The summed E-state index contributed by atoms with van der Waals surface area (Å²) in [5, 5.41) is 2.53. The zero-order chi connectivity index (χ0) is 19.4. The summed E-state index contributed by atoms with van der Waals surface area (Å²) in [6.45, 7) is 11.7. The molecule has 8 heteroatoms. The lowest BCUT2D eigenvalue weighted by Gasteiger charge is -2.45. The van der Waals surface area contributed by atoms with E-state index in [0.717, 1.165) is 0 Å². The second-order valence-electron chi connectivity index (χ2n) is 8.14. The van der Waals surface area contributed by atoms with Crippen LogP contribution in [-0.2, 0) is 14.3 Å². The fourth-order valence-electron chi connectivity index (χ4n) is 2.22. The van der Waals surface area contributed by atoms with Gasteiger partial charge in [-0.2, -0.15) is 0 Å². The van der Waals surface area contributed by atoms with Crippen molar-refractivity contribution in [1.82, 2.24) is 15.1 Å². The summed E-state index contributed by atoms with van der Waals surface area (Å²) in [5.74, 6) is -0.156. The molecule has 1 N–H and O–H groups in total. The Morgan fingerprint density at radius 1 is 1.04 bits per heavy atom. The second-order valence-corrected chi connectivity index (χ2v) is 8.14. The Morgan fingerprint density at radius 2 is 1.56 bits per heavy atom. The highest BCUT2D eigenvalue weighted by atomic mass is 16.6. The van der Waals surface area contributed by atoms with Gasteiger partial charge in [-0.25, -0.2) is 9.59 Å². The zero-order valence-electron chi connectivity index (χ0n) is 16.3. The molecular formula is C17H31N3O5. The van der Waals surface area contributed by atoms with Crippen LogP contribution in [0, 0.1) is 0 Å². The predicted octanol–water partition coefficient (Wildman–Crippen LogP) is 1.98. The third-order valence-electron chi connectivity index (χ3n) is 3.44. The Kier molecular flexibility index (Phi) is 6.68. The van der Waals surface area contributed by atoms with E-state index in [1.54, 1.807) is 48.6 Å². The lowest BCUT2D eigenvalue weighted by Crippen LogP contribution is -2.63. The quantitative estimate of drug-likeness (QED) is 0.831. The second kappa shape index (κ2) is 7.93. The highest BCUT2D eigenvalue weighted by molar-refractivity contribution is 5.77. The van der Waals surface area contributed by atoms with Crippen molar-refractivity contribution in [3.05, 3.63) is 0 Å². The molecule has 0 aromatic rings. The average Bonchev–Trinajstić information content (AvgIpc) is 2.35. The predicted molar refractivity (Wildman–Crippen MR) is 93.2 cm³/mol. The Bertz CT molecular complexity index is 501. The number of likely N-dealkylation sites (tertiary alicyclic amines) is 1. The fraction of sp³-hybridized carbons (Fsp3) is 0.824. The highest BCUT2D eigenvalue weighted by Crippen LogP contribution is 2.21. The number of hydrogen-bond donors (Lipinski definition) is 1. The van der Waals surface area contributed by atoms with Gasteiger partial charge in [0.1, 0.15) is 11.2 Å². The largest absolute Gasteiger partial charge is 0.444 e. The van der Waals surface area contributed by atoms with Crippen LogP contribution in [0.15, 0.2) is 0 Å². The molecule has 0 spiro atoms. The number of nitrogens with one attached hydrogen (secondary N) is 1. The number of amides is 3. The molecule has 1 saturated heterocycles. The number of carbonyl (C=O) groups is 3. The van der Waals surface area contributed by atoms with Crippen molar-refractivity contribution in [3.8, 4) is 0 Å². The first kappa shape index (κ1) is 21.1. The maximum Gasteiger partial charge on any atom is 0.410 e. The number of rotatable bonds is 4. The molecule has 0 aliphatic carbocycles. The third kappa shape index (κ3) is 7.19. The molecule has 1 fully saturated rings. The van der Waals surface area contributed by atoms with Crippen LogP contribution in [0.3, 0.4) is 0 Å². The molecule has 0 bridgehead atoms. The molecule has 0 radical (unpaired) electrons. The minimum Gasteiger partial charge on any atom is -0.444 e. The molecule has 3 amide bonds. The molecule has 1 heterocycles. The lowest BCUT2D eigenvalue weighted by molar-refractivity contribution is -0.121. The molecule has 0 saturated carbocycles. The summed E-state index contributed by atoms with van der Waals surface area (Å²) < 4.78 is 10.7. The molecule has 8 nitrogen and oxygen atoms in total. The summed E-state index contributed by atoms with van der Waals surface area (Å²) in [4.78, 5) is 39.0. The lowest BCUT2D eigenvalue weighted by atomic mass is 10.1. The summed E-state index contributed by atoms with van der Waals surface area (Å²) in [6, 6.07) is -0.188. The van der Waals surface area contributed by atoms with Crippen LogP contribution >= 0.6 is 0 Å². The van der Waals surface area contributed by atoms with Crippen LogP contribution in [0.2, 0.25) is 0 Å². The van der Waals surface area contributed by atoms with Gasteiger partial charge in [-0.15, -0.1) is 0 Å². The van der Waals surface area contributed by atoms with Crippen LogP contribution in [0.25, 0.3) is 0 Å². The molecule has 0 aromatic carbocycles. The minimum atomic E-state index is -0.628. The van der Waals surface area contributed by atoms with Crippen LogP contribution < -0.4 is 5.32 Å². The SMILES string of the molecule is CNC(=O)CCN(C(=O)OC(C)(C)C)C1CN(C(=O)OC(C)(C)C)C1. The summed E-state index contributed by atoms with van der Waals surface area (Å²) >= 11 is 0. The summed E-state index contributed by atoms with van der Waals surface area (Å²) in [7, 11) is 1.55. The van der Waals surface area contributed by atoms with Crippen LogP contribution in [-0.4, -0.2) is 71.8 Å². The van der Waals surface area contributed by atoms with Gasteiger partial charge in [0.25, 0.3) is 0 Å². The van der Waals surface area contributed by atoms with E-state index in [4.69, 9.17) is 9.47 Å². The molecule has 1 aliphatic rings. The molecule has 0 atom stereocenters. The van der Waals surface area contributed by atoms with Crippen LogP contribution in [0.5, 0.6) is 0 Å². The van der Waals surface area contributed by atoms with E-state index < -0.39 is 23.4 Å². The normalized spacial score (nSPS) is 15.2. The molecule has 25 heavy (non-hydrogen) atoms. The van der Waals surface area contributed by atoms with Gasteiger partial charge < -0.3 is 24.6 Å². The number of ether oxygens (including phenoxy) is 2. The number of carbonyl (C=O) groups excluding carboxylic acids is 3. The Hall–Kier alpha value is -1.99. The zero-order valence-corrected chi connectivity index (χ0v) is 16.3. The van der Waals surface area contributed by atoms with Gasteiger partial charge in [0.2, 0.25) is 5.91 Å². The number of nitrogens with zero attached hydrogens (tertiary/aromatic N) is 2. The van der Waals surface area contributed by atoms with Crippen molar-refractivity contribution >= 4 is 18.1 Å². The molecular weight excluding hydrogens is 326 g/mol. The molecule has 1 aliphatic heterocycles. The van der Waals surface area contributed by atoms with Gasteiger partial charge in [0, 0.05) is 33.1 Å². The summed E-state index contributed by atoms with van der Waals surface area (Å²) in [6.07, 6.45) is -0.706. The first-order valence-electron chi connectivity index (χ1n) is 8.50. The number of hydrogen-bond acceptors (Lipinski definition) is 5.